The van der Waals surface area contributed by atoms with Gasteiger partial charge in [0.1, 0.15) is 5.75 Å². The Labute approximate surface area is 192 Å². The SMILES string of the molecule is COc1ccc(NC(=O)N2C[C@@H]3C[C@H](C2)c2c(NCc4ccccn4)ccc(=O)n2C3)cc1. The van der Waals surface area contributed by atoms with Crippen molar-refractivity contribution >= 4 is 17.4 Å². The summed E-state index contributed by atoms with van der Waals surface area (Å²) < 4.78 is 7.07. The van der Waals surface area contributed by atoms with Gasteiger partial charge in [-0.3, -0.25) is 9.78 Å². The highest BCUT2D eigenvalue weighted by atomic mass is 16.5. The van der Waals surface area contributed by atoms with E-state index in [0.717, 1.165) is 34.9 Å². The first-order valence-electron chi connectivity index (χ1n) is 11.2. The van der Waals surface area contributed by atoms with Gasteiger partial charge in [0, 0.05) is 49.2 Å². The fourth-order valence-corrected chi connectivity index (χ4v) is 4.90. The van der Waals surface area contributed by atoms with E-state index < -0.39 is 0 Å². The minimum atomic E-state index is -0.121. The lowest BCUT2D eigenvalue weighted by molar-refractivity contribution is 0.140. The van der Waals surface area contributed by atoms with Gasteiger partial charge in [-0.15, -0.1) is 0 Å². The molecule has 1 saturated heterocycles. The second-order valence-corrected chi connectivity index (χ2v) is 8.62. The van der Waals surface area contributed by atoms with Gasteiger partial charge in [0.15, 0.2) is 0 Å². The van der Waals surface area contributed by atoms with Crippen LogP contribution in [0.2, 0.25) is 0 Å². The molecule has 4 heterocycles. The first-order chi connectivity index (χ1) is 16.1. The Bertz CT molecular complexity index is 1190. The van der Waals surface area contributed by atoms with Crippen LogP contribution in [-0.2, 0) is 13.1 Å². The average molecular weight is 446 g/mol. The molecule has 3 aromatic rings. The molecule has 2 N–H and O–H groups in total. The molecule has 2 aliphatic rings. The fraction of sp³-hybridized carbons (Fsp3) is 0.320. The van der Waals surface area contributed by atoms with Crippen LogP contribution in [0, 0.1) is 5.92 Å². The molecule has 0 radical (unpaired) electrons. The standard InChI is InChI=1S/C25H27N5O3/c1-33-21-7-5-19(6-8-21)28-25(32)29-14-17-12-18(16-29)24-22(9-10-23(31)30(24)15-17)27-13-20-4-2-3-11-26-20/h2-11,17-18,27H,12-16H2,1H3,(H,28,32)/t17-,18+/m0/s1. The van der Waals surface area contributed by atoms with Crippen LogP contribution in [0.25, 0.3) is 0 Å². The number of likely N-dealkylation sites (tertiary alicyclic amines) is 1. The molecule has 0 spiro atoms. The number of pyridine rings is 2. The Balaban J connectivity index is 1.34. The van der Waals surface area contributed by atoms with E-state index in [-0.39, 0.29) is 23.4 Å². The summed E-state index contributed by atoms with van der Waals surface area (Å²) in [5, 5.41) is 6.45. The summed E-state index contributed by atoms with van der Waals surface area (Å²) in [6.07, 6.45) is 2.74. The molecule has 0 aliphatic carbocycles. The van der Waals surface area contributed by atoms with Crippen molar-refractivity contribution in [1.29, 1.82) is 0 Å². The van der Waals surface area contributed by atoms with Crippen molar-refractivity contribution in [3.8, 4) is 5.75 Å². The first kappa shape index (κ1) is 21.1. The van der Waals surface area contributed by atoms with Crippen molar-refractivity contribution in [1.82, 2.24) is 14.5 Å². The van der Waals surface area contributed by atoms with E-state index in [1.165, 1.54) is 0 Å². The molecule has 2 atom stereocenters. The van der Waals surface area contributed by atoms with Gasteiger partial charge in [0.25, 0.3) is 5.56 Å². The molecule has 0 saturated carbocycles. The van der Waals surface area contributed by atoms with E-state index in [0.29, 0.717) is 26.2 Å². The summed E-state index contributed by atoms with van der Waals surface area (Å²) in [6, 6.07) is 16.5. The summed E-state index contributed by atoms with van der Waals surface area (Å²) in [6.45, 7) is 2.40. The number of rotatable bonds is 5. The third-order valence-electron chi connectivity index (χ3n) is 6.40. The van der Waals surface area contributed by atoms with Gasteiger partial charge in [0.2, 0.25) is 0 Å². The molecular weight excluding hydrogens is 418 g/mol. The molecule has 0 unspecified atom stereocenters. The lowest BCUT2D eigenvalue weighted by Crippen LogP contribution is -2.50. The number of fused-ring (bicyclic) bond motifs is 4. The average Bonchev–Trinajstić information content (AvgIpc) is 2.85. The summed E-state index contributed by atoms with van der Waals surface area (Å²) in [5.74, 6) is 1.09. The molecule has 2 bridgehead atoms. The van der Waals surface area contributed by atoms with E-state index in [1.54, 1.807) is 19.4 Å². The molecule has 5 rings (SSSR count). The van der Waals surface area contributed by atoms with Crippen LogP contribution < -0.4 is 20.9 Å². The Kier molecular flexibility index (Phi) is 5.73. The predicted octanol–water partition coefficient (Wildman–Crippen LogP) is 3.52. The van der Waals surface area contributed by atoms with Crippen LogP contribution in [0.3, 0.4) is 0 Å². The number of amides is 2. The number of benzene rings is 1. The van der Waals surface area contributed by atoms with Gasteiger partial charge >= 0.3 is 6.03 Å². The zero-order valence-electron chi connectivity index (χ0n) is 18.5. The van der Waals surface area contributed by atoms with E-state index in [1.807, 2.05) is 58.0 Å². The number of hydrogen-bond donors (Lipinski definition) is 2. The smallest absolute Gasteiger partial charge is 0.321 e. The number of anilines is 2. The maximum atomic E-state index is 13.0. The predicted molar refractivity (Wildman–Crippen MR) is 127 cm³/mol. The molecule has 2 aliphatic heterocycles. The summed E-state index contributed by atoms with van der Waals surface area (Å²) in [7, 11) is 1.61. The van der Waals surface area contributed by atoms with E-state index in [2.05, 4.69) is 15.6 Å². The zero-order valence-corrected chi connectivity index (χ0v) is 18.5. The van der Waals surface area contributed by atoms with Gasteiger partial charge in [-0.2, -0.15) is 0 Å². The monoisotopic (exact) mass is 445 g/mol. The van der Waals surface area contributed by atoms with Gasteiger partial charge in [-0.05, 0) is 54.8 Å². The number of nitrogens with zero attached hydrogens (tertiary/aromatic N) is 3. The van der Waals surface area contributed by atoms with Crippen molar-refractivity contribution in [2.75, 3.05) is 30.8 Å². The Morgan fingerprint density at radius 1 is 1.09 bits per heavy atom. The largest absolute Gasteiger partial charge is 0.497 e. The van der Waals surface area contributed by atoms with Crippen molar-refractivity contribution in [2.45, 2.75) is 25.4 Å². The van der Waals surface area contributed by atoms with Crippen molar-refractivity contribution in [3.63, 3.8) is 0 Å². The Morgan fingerprint density at radius 2 is 1.94 bits per heavy atom. The van der Waals surface area contributed by atoms with Crippen molar-refractivity contribution in [2.24, 2.45) is 5.92 Å². The Morgan fingerprint density at radius 3 is 2.70 bits per heavy atom. The van der Waals surface area contributed by atoms with Gasteiger partial charge < -0.3 is 24.8 Å². The van der Waals surface area contributed by atoms with Crippen LogP contribution >= 0.6 is 0 Å². The maximum absolute atomic E-state index is 13.0. The third-order valence-corrected chi connectivity index (χ3v) is 6.40. The van der Waals surface area contributed by atoms with Gasteiger partial charge in [-0.25, -0.2) is 4.79 Å². The van der Waals surface area contributed by atoms with Crippen LogP contribution in [-0.4, -0.2) is 40.7 Å². The van der Waals surface area contributed by atoms with Crippen LogP contribution in [0.5, 0.6) is 5.75 Å². The second kappa shape index (κ2) is 8.97. The van der Waals surface area contributed by atoms with Gasteiger partial charge in [-0.1, -0.05) is 6.07 Å². The second-order valence-electron chi connectivity index (χ2n) is 8.62. The van der Waals surface area contributed by atoms with Crippen LogP contribution in [0.15, 0.2) is 65.6 Å². The minimum Gasteiger partial charge on any atom is -0.497 e. The number of urea groups is 1. The summed E-state index contributed by atoms with van der Waals surface area (Å²) in [5.41, 5.74) is 3.59. The fourth-order valence-electron chi connectivity index (χ4n) is 4.90. The number of hydrogen-bond acceptors (Lipinski definition) is 5. The molecule has 8 heteroatoms. The number of carbonyl (C=O) groups is 1. The maximum Gasteiger partial charge on any atom is 0.321 e. The molecule has 8 nitrogen and oxygen atoms in total. The lowest BCUT2D eigenvalue weighted by Gasteiger charge is -2.43. The topological polar surface area (TPSA) is 88.5 Å². The normalized spacial score (nSPS) is 18.9. The summed E-state index contributed by atoms with van der Waals surface area (Å²) in [4.78, 5) is 31.9. The number of aromatic nitrogens is 2. The number of carbonyl (C=O) groups excluding carboxylic acids is 1. The highest BCUT2D eigenvalue weighted by Gasteiger charge is 2.37. The molecule has 1 aromatic carbocycles. The first-order valence-corrected chi connectivity index (χ1v) is 11.2. The van der Waals surface area contributed by atoms with E-state index in [4.69, 9.17) is 4.74 Å². The third kappa shape index (κ3) is 4.41. The molecule has 1 fully saturated rings. The highest BCUT2D eigenvalue weighted by Crippen LogP contribution is 2.38. The Hall–Kier alpha value is -3.81. The number of methoxy groups -OCH3 is 1. The minimum absolute atomic E-state index is 0.0132. The van der Waals surface area contributed by atoms with Crippen molar-refractivity contribution in [3.05, 3.63) is 82.5 Å². The number of nitrogens with one attached hydrogen (secondary N) is 2. The summed E-state index contributed by atoms with van der Waals surface area (Å²) >= 11 is 0. The molecule has 2 amide bonds. The number of piperidine rings is 1. The van der Waals surface area contributed by atoms with Gasteiger partial charge in [0.05, 0.1) is 25.0 Å². The zero-order chi connectivity index (χ0) is 22.8. The molecule has 2 aromatic heterocycles. The molecule has 33 heavy (non-hydrogen) atoms. The quantitative estimate of drug-likeness (QED) is 0.627. The van der Waals surface area contributed by atoms with Crippen LogP contribution in [0.1, 0.15) is 23.7 Å². The molecule has 170 valence electrons. The lowest BCUT2D eigenvalue weighted by atomic mass is 9.82. The number of ether oxygens (including phenoxy) is 1. The van der Waals surface area contributed by atoms with E-state index in [9.17, 15) is 9.59 Å². The highest BCUT2D eigenvalue weighted by molar-refractivity contribution is 5.89. The van der Waals surface area contributed by atoms with Crippen LogP contribution in [0.4, 0.5) is 16.2 Å². The van der Waals surface area contributed by atoms with E-state index >= 15 is 0 Å². The van der Waals surface area contributed by atoms with Crippen molar-refractivity contribution < 1.29 is 9.53 Å². The molecular formula is C25H27N5O3.